The second kappa shape index (κ2) is 6.36. The van der Waals surface area contributed by atoms with E-state index in [0.29, 0.717) is 11.5 Å². The zero-order chi connectivity index (χ0) is 13.0. The Bertz CT molecular complexity index is 243. The third kappa shape index (κ3) is 4.87. The van der Waals surface area contributed by atoms with Gasteiger partial charge in [-0.2, -0.15) is 0 Å². The SMILES string of the molecule is CC(C)(C)CC1CN(CC2CCNCC2)CCO1. The first-order chi connectivity index (χ1) is 8.53. The van der Waals surface area contributed by atoms with Crippen LogP contribution in [0.3, 0.4) is 0 Å². The molecule has 1 unspecified atom stereocenters. The Labute approximate surface area is 112 Å². The molecule has 3 heteroatoms. The van der Waals surface area contributed by atoms with Gasteiger partial charge in [0.1, 0.15) is 0 Å². The first-order valence-electron chi connectivity index (χ1n) is 7.57. The molecule has 2 aliphatic rings. The van der Waals surface area contributed by atoms with Gasteiger partial charge < -0.3 is 10.1 Å². The minimum absolute atomic E-state index is 0.377. The van der Waals surface area contributed by atoms with Crippen LogP contribution in [-0.2, 0) is 4.74 Å². The Kier molecular flexibility index (Phi) is 5.05. The van der Waals surface area contributed by atoms with Crippen molar-refractivity contribution in [1.29, 1.82) is 0 Å². The molecule has 2 heterocycles. The summed E-state index contributed by atoms with van der Waals surface area (Å²) in [7, 11) is 0. The number of piperidine rings is 1. The van der Waals surface area contributed by atoms with Crippen LogP contribution in [0.1, 0.15) is 40.0 Å². The van der Waals surface area contributed by atoms with Crippen molar-refractivity contribution in [2.24, 2.45) is 11.3 Å². The van der Waals surface area contributed by atoms with Gasteiger partial charge in [0.25, 0.3) is 0 Å². The highest BCUT2D eigenvalue weighted by molar-refractivity contribution is 4.79. The lowest BCUT2D eigenvalue weighted by molar-refractivity contribution is -0.0501. The van der Waals surface area contributed by atoms with Crippen molar-refractivity contribution in [1.82, 2.24) is 10.2 Å². The number of ether oxygens (including phenoxy) is 1. The van der Waals surface area contributed by atoms with E-state index in [1.54, 1.807) is 0 Å². The highest BCUT2D eigenvalue weighted by Crippen LogP contribution is 2.25. The van der Waals surface area contributed by atoms with Gasteiger partial charge in [0.05, 0.1) is 12.7 Å². The minimum atomic E-state index is 0.377. The fourth-order valence-corrected chi connectivity index (χ4v) is 3.18. The Morgan fingerprint density at radius 1 is 1.22 bits per heavy atom. The molecule has 0 aliphatic carbocycles. The number of nitrogens with one attached hydrogen (secondary N) is 1. The van der Waals surface area contributed by atoms with Gasteiger partial charge in [0.15, 0.2) is 0 Å². The van der Waals surface area contributed by atoms with E-state index in [2.05, 4.69) is 31.0 Å². The van der Waals surface area contributed by atoms with Crippen molar-refractivity contribution in [2.75, 3.05) is 39.3 Å². The summed E-state index contributed by atoms with van der Waals surface area (Å²) < 4.78 is 5.92. The van der Waals surface area contributed by atoms with Crippen LogP contribution in [0.25, 0.3) is 0 Å². The van der Waals surface area contributed by atoms with Crippen LogP contribution in [0, 0.1) is 11.3 Å². The third-order valence-corrected chi connectivity index (χ3v) is 4.04. The van der Waals surface area contributed by atoms with E-state index in [-0.39, 0.29) is 0 Å². The van der Waals surface area contributed by atoms with E-state index in [9.17, 15) is 0 Å². The maximum Gasteiger partial charge on any atom is 0.0707 e. The van der Waals surface area contributed by atoms with Gasteiger partial charge in [-0.05, 0) is 43.7 Å². The van der Waals surface area contributed by atoms with Crippen molar-refractivity contribution < 1.29 is 4.74 Å². The largest absolute Gasteiger partial charge is 0.376 e. The molecule has 2 aliphatic heterocycles. The van der Waals surface area contributed by atoms with Crippen LogP contribution in [0.2, 0.25) is 0 Å². The second-order valence-electron chi connectivity index (χ2n) is 7.21. The lowest BCUT2D eigenvalue weighted by Crippen LogP contribution is -2.46. The molecule has 2 fully saturated rings. The average Bonchev–Trinajstić information content (AvgIpc) is 2.28. The molecule has 18 heavy (non-hydrogen) atoms. The molecule has 2 rings (SSSR count). The zero-order valence-corrected chi connectivity index (χ0v) is 12.4. The van der Waals surface area contributed by atoms with E-state index in [1.165, 1.54) is 38.9 Å². The van der Waals surface area contributed by atoms with Crippen LogP contribution in [0.15, 0.2) is 0 Å². The fraction of sp³-hybridized carbons (Fsp3) is 1.00. The van der Waals surface area contributed by atoms with Gasteiger partial charge >= 0.3 is 0 Å². The van der Waals surface area contributed by atoms with Crippen molar-refractivity contribution >= 4 is 0 Å². The predicted octanol–water partition coefficient (Wildman–Crippen LogP) is 2.12. The van der Waals surface area contributed by atoms with E-state index >= 15 is 0 Å². The predicted molar refractivity (Wildman–Crippen MR) is 75.8 cm³/mol. The van der Waals surface area contributed by atoms with E-state index in [0.717, 1.165) is 25.6 Å². The molecular weight excluding hydrogens is 224 g/mol. The summed E-state index contributed by atoms with van der Waals surface area (Å²) in [6, 6.07) is 0. The Balaban J connectivity index is 1.75. The molecule has 1 atom stereocenters. The van der Waals surface area contributed by atoms with Crippen LogP contribution in [-0.4, -0.2) is 50.3 Å². The Morgan fingerprint density at radius 2 is 1.94 bits per heavy atom. The van der Waals surface area contributed by atoms with Crippen LogP contribution >= 0.6 is 0 Å². The summed E-state index contributed by atoms with van der Waals surface area (Å²) in [6.07, 6.45) is 4.32. The molecule has 0 amide bonds. The smallest absolute Gasteiger partial charge is 0.0707 e. The monoisotopic (exact) mass is 254 g/mol. The maximum absolute atomic E-state index is 5.92. The molecule has 0 aromatic heterocycles. The minimum Gasteiger partial charge on any atom is -0.376 e. The molecule has 0 saturated carbocycles. The highest BCUT2D eigenvalue weighted by Gasteiger charge is 2.26. The summed E-state index contributed by atoms with van der Waals surface area (Å²) in [5.41, 5.74) is 0.377. The van der Waals surface area contributed by atoms with Crippen LogP contribution < -0.4 is 5.32 Å². The summed E-state index contributed by atoms with van der Waals surface area (Å²) in [6.45, 7) is 13.8. The number of nitrogens with zero attached hydrogens (tertiary/aromatic N) is 1. The van der Waals surface area contributed by atoms with Crippen molar-refractivity contribution in [3.63, 3.8) is 0 Å². The summed E-state index contributed by atoms with van der Waals surface area (Å²) in [5.74, 6) is 0.902. The topological polar surface area (TPSA) is 24.5 Å². The number of hydrogen-bond donors (Lipinski definition) is 1. The quantitative estimate of drug-likeness (QED) is 0.835. The molecule has 106 valence electrons. The molecule has 0 spiro atoms. The van der Waals surface area contributed by atoms with Crippen molar-refractivity contribution in [2.45, 2.75) is 46.1 Å². The van der Waals surface area contributed by atoms with Crippen molar-refractivity contribution in [3.8, 4) is 0 Å². The first kappa shape index (κ1) is 14.3. The van der Waals surface area contributed by atoms with Gasteiger partial charge in [-0.25, -0.2) is 0 Å². The van der Waals surface area contributed by atoms with Crippen LogP contribution in [0.5, 0.6) is 0 Å². The van der Waals surface area contributed by atoms with E-state index in [1.807, 2.05) is 0 Å². The zero-order valence-electron chi connectivity index (χ0n) is 12.4. The number of morpholine rings is 1. The first-order valence-corrected chi connectivity index (χ1v) is 7.57. The van der Waals surface area contributed by atoms with E-state index in [4.69, 9.17) is 4.74 Å². The maximum atomic E-state index is 5.92. The van der Waals surface area contributed by atoms with Crippen LogP contribution in [0.4, 0.5) is 0 Å². The third-order valence-electron chi connectivity index (χ3n) is 4.04. The molecule has 0 aromatic carbocycles. The van der Waals surface area contributed by atoms with Gasteiger partial charge in [-0.3, -0.25) is 4.90 Å². The lowest BCUT2D eigenvalue weighted by Gasteiger charge is -2.38. The molecule has 0 aromatic rings. The Hall–Kier alpha value is -0.120. The highest BCUT2D eigenvalue weighted by atomic mass is 16.5. The Morgan fingerprint density at radius 3 is 2.61 bits per heavy atom. The fourth-order valence-electron chi connectivity index (χ4n) is 3.18. The molecule has 2 saturated heterocycles. The summed E-state index contributed by atoms with van der Waals surface area (Å²) >= 11 is 0. The standard InChI is InChI=1S/C15H30N2O/c1-15(2,3)10-14-12-17(8-9-18-14)11-13-4-6-16-7-5-13/h13-14,16H,4-12H2,1-3H3. The van der Waals surface area contributed by atoms with Gasteiger partial charge in [0, 0.05) is 19.6 Å². The normalized spacial score (nSPS) is 28.5. The second-order valence-corrected chi connectivity index (χ2v) is 7.21. The molecule has 0 bridgehead atoms. The molecule has 0 radical (unpaired) electrons. The molecular formula is C15H30N2O. The van der Waals surface area contributed by atoms with Crippen molar-refractivity contribution in [3.05, 3.63) is 0 Å². The molecule has 3 nitrogen and oxygen atoms in total. The number of hydrogen-bond acceptors (Lipinski definition) is 3. The van der Waals surface area contributed by atoms with Gasteiger partial charge in [-0.15, -0.1) is 0 Å². The summed E-state index contributed by atoms with van der Waals surface area (Å²) in [4.78, 5) is 2.63. The van der Waals surface area contributed by atoms with Gasteiger partial charge in [0.2, 0.25) is 0 Å². The van der Waals surface area contributed by atoms with E-state index < -0.39 is 0 Å². The molecule has 1 N–H and O–H groups in total. The number of rotatable bonds is 3. The lowest BCUT2D eigenvalue weighted by atomic mass is 9.88. The van der Waals surface area contributed by atoms with Gasteiger partial charge in [-0.1, -0.05) is 20.8 Å². The average molecular weight is 254 g/mol. The summed E-state index contributed by atoms with van der Waals surface area (Å²) in [5, 5.41) is 3.45.